The minimum atomic E-state index is -0.285. The van der Waals surface area contributed by atoms with Crippen molar-refractivity contribution in [2.24, 2.45) is 14.1 Å². The Morgan fingerprint density at radius 3 is 2.57 bits per heavy atom. The lowest BCUT2D eigenvalue weighted by molar-refractivity contribution is -0.116. The highest BCUT2D eigenvalue weighted by molar-refractivity contribution is 5.90. The highest BCUT2D eigenvalue weighted by Gasteiger charge is 2.13. The van der Waals surface area contributed by atoms with Gasteiger partial charge in [-0.3, -0.25) is 18.6 Å². The third-order valence-corrected chi connectivity index (χ3v) is 3.33. The molecule has 1 N–H and O–H groups in total. The molecule has 3 aromatic rings. The Morgan fingerprint density at radius 2 is 1.90 bits per heavy atom. The average Bonchev–Trinajstić information content (AvgIpc) is 2.97. The molecule has 0 fully saturated rings. The van der Waals surface area contributed by atoms with Crippen LogP contribution in [0.1, 0.15) is 0 Å². The molecule has 0 aliphatic rings. The average molecular weight is 285 g/mol. The maximum atomic E-state index is 12.2. The quantitative estimate of drug-likeness (QED) is 0.770. The number of aryl methyl sites for hydroxylation is 2. The van der Waals surface area contributed by atoms with E-state index in [1.807, 2.05) is 24.3 Å². The lowest BCUT2D eigenvalue weighted by atomic mass is 10.3. The predicted octanol–water partition coefficient (Wildman–Crippen LogP) is 0.712. The second-order valence-corrected chi connectivity index (χ2v) is 4.84. The number of carbonyl (C=O) groups is 1. The van der Waals surface area contributed by atoms with Gasteiger partial charge < -0.3 is 5.32 Å². The first-order valence-electron chi connectivity index (χ1n) is 6.50. The third-order valence-electron chi connectivity index (χ3n) is 3.33. The van der Waals surface area contributed by atoms with Gasteiger partial charge in [0.15, 0.2) is 5.82 Å². The zero-order valence-corrected chi connectivity index (χ0v) is 11.8. The molecule has 0 aliphatic heterocycles. The van der Waals surface area contributed by atoms with Gasteiger partial charge >= 0.3 is 5.69 Å². The molecule has 0 atom stereocenters. The van der Waals surface area contributed by atoms with Crippen molar-refractivity contribution in [3.8, 4) is 0 Å². The lowest BCUT2D eigenvalue weighted by Gasteiger charge is -2.03. The molecule has 7 nitrogen and oxygen atoms in total. The molecule has 2 aromatic heterocycles. The maximum absolute atomic E-state index is 12.2. The molecular weight excluding hydrogens is 270 g/mol. The van der Waals surface area contributed by atoms with E-state index in [1.165, 1.54) is 9.13 Å². The molecule has 1 aromatic carbocycles. The fourth-order valence-electron chi connectivity index (χ4n) is 2.32. The van der Waals surface area contributed by atoms with Crippen LogP contribution in [0.2, 0.25) is 0 Å². The second-order valence-electron chi connectivity index (χ2n) is 4.84. The van der Waals surface area contributed by atoms with Crippen LogP contribution in [0.25, 0.3) is 11.0 Å². The van der Waals surface area contributed by atoms with Crippen molar-refractivity contribution in [2.45, 2.75) is 6.54 Å². The molecule has 0 saturated carbocycles. The molecule has 3 rings (SSSR count). The van der Waals surface area contributed by atoms with Crippen molar-refractivity contribution < 1.29 is 4.79 Å². The van der Waals surface area contributed by atoms with E-state index < -0.39 is 0 Å². The minimum absolute atomic E-state index is 0.0449. The van der Waals surface area contributed by atoms with Crippen LogP contribution in [0, 0.1) is 0 Å². The number of nitrogens with one attached hydrogen (secondary N) is 1. The van der Waals surface area contributed by atoms with Gasteiger partial charge in [0.2, 0.25) is 5.91 Å². The summed E-state index contributed by atoms with van der Waals surface area (Å²) in [5, 5.41) is 6.75. The summed E-state index contributed by atoms with van der Waals surface area (Å²) >= 11 is 0. The van der Waals surface area contributed by atoms with Crippen LogP contribution in [0.15, 0.2) is 41.3 Å². The first-order valence-corrected chi connectivity index (χ1v) is 6.50. The smallest absolute Gasteiger partial charge is 0.308 e. The van der Waals surface area contributed by atoms with Crippen LogP contribution in [-0.2, 0) is 25.4 Å². The molecule has 0 saturated heterocycles. The highest BCUT2D eigenvalue weighted by atomic mass is 16.2. The normalized spacial score (nSPS) is 11.0. The van der Waals surface area contributed by atoms with E-state index in [2.05, 4.69) is 10.4 Å². The van der Waals surface area contributed by atoms with E-state index in [-0.39, 0.29) is 18.1 Å². The van der Waals surface area contributed by atoms with Gasteiger partial charge in [-0.2, -0.15) is 5.10 Å². The fraction of sp³-hybridized carbons (Fsp3) is 0.214. The van der Waals surface area contributed by atoms with Crippen molar-refractivity contribution in [3.63, 3.8) is 0 Å². The van der Waals surface area contributed by atoms with Gasteiger partial charge in [0.25, 0.3) is 0 Å². The van der Waals surface area contributed by atoms with Crippen LogP contribution >= 0.6 is 0 Å². The summed E-state index contributed by atoms with van der Waals surface area (Å²) in [7, 11) is 3.46. The standard InChI is InChI=1S/C14H15N5O2/c1-17-8-7-12(16-17)15-13(20)9-19-11-6-4-3-5-10(11)18(2)14(19)21/h3-8H,9H2,1-2H3,(H,15,16,20). The number of benzene rings is 1. The summed E-state index contributed by atoms with van der Waals surface area (Å²) in [6.07, 6.45) is 1.74. The Kier molecular flexibility index (Phi) is 3.09. The minimum Gasteiger partial charge on any atom is -0.308 e. The summed E-state index contributed by atoms with van der Waals surface area (Å²) < 4.78 is 4.58. The van der Waals surface area contributed by atoms with Crippen molar-refractivity contribution in [2.75, 3.05) is 5.32 Å². The Balaban J connectivity index is 1.90. The van der Waals surface area contributed by atoms with Crippen LogP contribution in [-0.4, -0.2) is 24.8 Å². The van der Waals surface area contributed by atoms with Crippen LogP contribution < -0.4 is 11.0 Å². The van der Waals surface area contributed by atoms with Gasteiger partial charge in [-0.05, 0) is 12.1 Å². The van der Waals surface area contributed by atoms with E-state index in [0.717, 1.165) is 11.0 Å². The van der Waals surface area contributed by atoms with Crippen LogP contribution in [0.5, 0.6) is 0 Å². The van der Waals surface area contributed by atoms with Crippen LogP contribution in [0.3, 0.4) is 0 Å². The summed E-state index contributed by atoms with van der Waals surface area (Å²) in [6, 6.07) is 9.08. The van der Waals surface area contributed by atoms with Crippen molar-refractivity contribution in [1.29, 1.82) is 0 Å². The molecule has 2 heterocycles. The first-order chi connectivity index (χ1) is 10.1. The number of hydrogen-bond donors (Lipinski definition) is 1. The number of carbonyl (C=O) groups excluding carboxylic acids is 1. The van der Waals surface area contributed by atoms with Crippen LogP contribution in [0.4, 0.5) is 5.82 Å². The molecule has 0 aliphatic carbocycles. The van der Waals surface area contributed by atoms with Gasteiger partial charge in [0.05, 0.1) is 11.0 Å². The Hall–Kier alpha value is -2.83. The second kappa shape index (κ2) is 4.93. The molecule has 1 amide bonds. The van der Waals surface area contributed by atoms with Crippen molar-refractivity contribution >= 4 is 22.8 Å². The van der Waals surface area contributed by atoms with Gasteiger partial charge in [-0.1, -0.05) is 12.1 Å². The summed E-state index contributed by atoms with van der Waals surface area (Å²) in [5.74, 6) is 0.183. The van der Waals surface area contributed by atoms with E-state index in [1.54, 1.807) is 31.0 Å². The summed E-state index contributed by atoms with van der Waals surface area (Å²) in [6.45, 7) is -0.0449. The molecule has 108 valence electrons. The number of para-hydroxylation sites is 2. The van der Waals surface area contributed by atoms with Gasteiger partial charge in [0.1, 0.15) is 6.54 Å². The number of imidazole rings is 1. The number of fused-ring (bicyclic) bond motifs is 1. The lowest BCUT2D eigenvalue weighted by Crippen LogP contribution is -2.28. The number of anilines is 1. The number of rotatable bonds is 3. The SMILES string of the molecule is Cn1ccc(NC(=O)Cn2c(=O)n(C)c3ccccc32)n1. The molecule has 21 heavy (non-hydrogen) atoms. The molecule has 0 bridgehead atoms. The molecule has 0 unspecified atom stereocenters. The molecule has 0 spiro atoms. The largest absolute Gasteiger partial charge is 0.329 e. The number of aromatic nitrogens is 4. The van der Waals surface area contributed by atoms with E-state index in [9.17, 15) is 9.59 Å². The van der Waals surface area contributed by atoms with Crippen molar-refractivity contribution in [3.05, 3.63) is 47.0 Å². The number of nitrogens with zero attached hydrogens (tertiary/aromatic N) is 4. The topological polar surface area (TPSA) is 73.8 Å². The highest BCUT2D eigenvalue weighted by Crippen LogP contribution is 2.11. The third kappa shape index (κ3) is 2.33. The zero-order valence-electron chi connectivity index (χ0n) is 11.8. The molecular formula is C14H15N5O2. The Labute approximate surface area is 120 Å². The zero-order chi connectivity index (χ0) is 15.0. The monoisotopic (exact) mass is 285 g/mol. The summed E-state index contributed by atoms with van der Waals surface area (Å²) in [4.78, 5) is 24.3. The summed E-state index contributed by atoms with van der Waals surface area (Å²) in [5.41, 5.74) is 1.32. The van der Waals surface area contributed by atoms with E-state index in [0.29, 0.717) is 5.82 Å². The van der Waals surface area contributed by atoms with E-state index >= 15 is 0 Å². The Morgan fingerprint density at radius 1 is 1.19 bits per heavy atom. The first kappa shape index (κ1) is 13.2. The maximum Gasteiger partial charge on any atom is 0.329 e. The number of hydrogen-bond acceptors (Lipinski definition) is 3. The van der Waals surface area contributed by atoms with Gasteiger partial charge in [-0.15, -0.1) is 0 Å². The molecule has 7 heteroatoms. The predicted molar refractivity (Wildman–Crippen MR) is 79.0 cm³/mol. The molecule has 0 radical (unpaired) electrons. The fourth-order valence-corrected chi connectivity index (χ4v) is 2.32. The van der Waals surface area contributed by atoms with E-state index in [4.69, 9.17) is 0 Å². The van der Waals surface area contributed by atoms with Gasteiger partial charge in [-0.25, -0.2) is 4.79 Å². The number of amides is 1. The van der Waals surface area contributed by atoms with Gasteiger partial charge in [0, 0.05) is 26.4 Å². The van der Waals surface area contributed by atoms with Crippen molar-refractivity contribution in [1.82, 2.24) is 18.9 Å². The Bertz CT molecular complexity index is 871.